The number of ether oxygens (including phenoxy) is 2. The van der Waals surface area contributed by atoms with E-state index in [1.165, 1.54) is 20.3 Å². The van der Waals surface area contributed by atoms with Crippen LogP contribution >= 0.6 is 0 Å². The van der Waals surface area contributed by atoms with Gasteiger partial charge in [-0.25, -0.2) is 9.59 Å². The number of rotatable bonds is 3. The minimum atomic E-state index is -0.679. The zero-order valence-corrected chi connectivity index (χ0v) is 16.5. The smallest absolute Gasteiger partial charge is 0.355 e. The number of carbonyl (C=O) groups is 3. The van der Waals surface area contributed by atoms with Gasteiger partial charge in [0.25, 0.3) is 0 Å². The van der Waals surface area contributed by atoms with Crippen LogP contribution in [0.1, 0.15) is 19.4 Å². The predicted molar refractivity (Wildman–Crippen MR) is 105 cm³/mol. The molecule has 2 heterocycles. The van der Waals surface area contributed by atoms with Crippen molar-refractivity contribution in [2.45, 2.75) is 19.3 Å². The van der Waals surface area contributed by atoms with Gasteiger partial charge in [-0.3, -0.25) is 4.79 Å². The number of likely N-dealkylation sites (N-methyl/N-ethyl adjacent to an activating group) is 1. The summed E-state index contributed by atoms with van der Waals surface area (Å²) in [6.07, 6.45) is 6.50. The average Bonchev–Trinajstić information content (AvgIpc) is 2.87. The number of carbonyl (C=O) groups excluding carboxylic acids is 3. The molecule has 1 aromatic rings. The molecule has 0 spiro atoms. The van der Waals surface area contributed by atoms with Crippen molar-refractivity contribution in [2.24, 2.45) is 0 Å². The van der Waals surface area contributed by atoms with E-state index in [1.807, 2.05) is 26.0 Å². The summed E-state index contributed by atoms with van der Waals surface area (Å²) in [5.41, 5.74) is 1.74. The van der Waals surface area contributed by atoms with E-state index in [0.717, 1.165) is 11.3 Å². The van der Waals surface area contributed by atoms with Crippen LogP contribution in [0.2, 0.25) is 0 Å². The number of methoxy groups -OCH3 is 2. The minimum absolute atomic E-state index is 0.00768. The zero-order valence-electron chi connectivity index (χ0n) is 16.5. The van der Waals surface area contributed by atoms with Gasteiger partial charge in [-0.15, -0.1) is 0 Å². The molecule has 0 atom stereocenters. The van der Waals surface area contributed by atoms with Crippen LogP contribution < -0.4 is 9.80 Å². The first kappa shape index (κ1) is 19.4. The van der Waals surface area contributed by atoms with Gasteiger partial charge in [-0.05, 0) is 43.7 Å². The standard InChI is InChI=1S/C21H22N2O5/c1-21(2)15-10-9-13(12-16(15)22(3)20(21)26)23-11-7-6-8-14(18(24)27-4)17(23)19(25)28-5/h6-12H,1-5H3. The number of hydrogen-bond donors (Lipinski definition) is 0. The normalized spacial score (nSPS) is 17.5. The van der Waals surface area contributed by atoms with Gasteiger partial charge in [0, 0.05) is 24.6 Å². The zero-order chi connectivity index (χ0) is 20.6. The summed E-state index contributed by atoms with van der Waals surface area (Å²) >= 11 is 0. The summed E-state index contributed by atoms with van der Waals surface area (Å²) in [5.74, 6) is -1.34. The van der Waals surface area contributed by atoms with Crippen LogP contribution in [-0.2, 0) is 29.3 Å². The van der Waals surface area contributed by atoms with E-state index >= 15 is 0 Å². The number of amides is 1. The molecular formula is C21H22N2O5. The molecule has 0 N–H and O–H groups in total. The molecule has 146 valence electrons. The number of anilines is 2. The molecular weight excluding hydrogens is 360 g/mol. The fraction of sp³-hybridized carbons (Fsp3) is 0.286. The van der Waals surface area contributed by atoms with Crippen molar-refractivity contribution in [1.29, 1.82) is 0 Å². The third-order valence-corrected chi connectivity index (χ3v) is 5.02. The van der Waals surface area contributed by atoms with Gasteiger partial charge in [-0.2, -0.15) is 0 Å². The van der Waals surface area contributed by atoms with Crippen LogP contribution in [0.5, 0.6) is 0 Å². The lowest BCUT2D eigenvalue weighted by Crippen LogP contribution is -2.33. The van der Waals surface area contributed by atoms with Gasteiger partial charge >= 0.3 is 11.9 Å². The Morgan fingerprint density at radius 3 is 2.36 bits per heavy atom. The SMILES string of the molecule is COC(=O)C1=C(C(=O)OC)N(c2ccc3c(c2)N(C)C(=O)C3(C)C)C=CC=C1. The second-order valence-electron chi connectivity index (χ2n) is 7.01. The maximum Gasteiger partial charge on any atom is 0.355 e. The van der Waals surface area contributed by atoms with Crippen molar-refractivity contribution in [3.63, 3.8) is 0 Å². The van der Waals surface area contributed by atoms with Gasteiger partial charge in [0.05, 0.1) is 25.2 Å². The molecule has 0 bridgehead atoms. The molecule has 1 aromatic carbocycles. The molecule has 7 heteroatoms. The maximum absolute atomic E-state index is 12.6. The highest BCUT2D eigenvalue weighted by Crippen LogP contribution is 2.43. The van der Waals surface area contributed by atoms with Crippen molar-refractivity contribution >= 4 is 29.2 Å². The molecule has 0 saturated carbocycles. The lowest BCUT2D eigenvalue weighted by molar-refractivity contribution is -0.139. The number of allylic oxidation sites excluding steroid dienone is 2. The van der Waals surface area contributed by atoms with Gasteiger partial charge in [-0.1, -0.05) is 12.1 Å². The van der Waals surface area contributed by atoms with Crippen LogP contribution in [-0.4, -0.2) is 39.1 Å². The molecule has 2 aliphatic rings. The lowest BCUT2D eigenvalue weighted by atomic mass is 9.86. The van der Waals surface area contributed by atoms with Crippen LogP contribution in [0.4, 0.5) is 11.4 Å². The van der Waals surface area contributed by atoms with E-state index in [4.69, 9.17) is 9.47 Å². The Bertz CT molecular complexity index is 956. The topological polar surface area (TPSA) is 76.2 Å². The monoisotopic (exact) mass is 382 g/mol. The fourth-order valence-corrected chi connectivity index (χ4v) is 3.49. The van der Waals surface area contributed by atoms with E-state index < -0.39 is 17.4 Å². The molecule has 0 aromatic heterocycles. The Morgan fingerprint density at radius 1 is 1.04 bits per heavy atom. The van der Waals surface area contributed by atoms with Crippen LogP contribution in [0.15, 0.2) is 53.9 Å². The molecule has 7 nitrogen and oxygen atoms in total. The second-order valence-corrected chi connectivity index (χ2v) is 7.01. The molecule has 28 heavy (non-hydrogen) atoms. The predicted octanol–water partition coefficient (Wildman–Crippen LogP) is 2.43. The van der Waals surface area contributed by atoms with Gasteiger partial charge in [0.2, 0.25) is 5.91 Å². The number of fused-ring (bicyclic) bond motifs is 1. The second kappa shape index (κ2) is 6.99. The Hall–Kier alpha value is -3.35. The van der Waals surface area contributed by atoms with Gasteiger partial charge in [0.1, 0.15) is 5.70 Å². The molecule has 0 unspecified atom stereocenters. The van der Waals surface area contributed by atoms with E-state index in [-0.39, 0.29) is 17.2 Å². The number of hydrogen-bond acceptors (Lipinski definition) is 6. The fourth-order valence-electron chi connectivity index (χ4n) is 3.49. The minimum Gasteiger partial charge on any atom is -0.465 e. The Morgan fingerprint density at radius 2 is 1.71 bits per heavy atom. The molecule has 0 fully saturated rings. The Balaban J connectivity index is 2.18. The third kappa shape index (κ3) is 2.89. The van der Waals surface area contributed by atoms with Crippen molar-refractivity contribution in [3.05, 3.63) is 59.5 Å². The highest BCUT2D eigenvalue weighted by molar-refractivity contribution is 6.08. The average molecular weight is 382 g/mol. The quantitative estimate of drug-likeness (QED) is 0.748. The van der Waals surface area contributed by atoms with Crippen molar-refractivity contribution in [1.82, 2.24) is 0 Å². The number of benzene rings is 1. The van der Waals surface area contributed by atoms with E-state index in [2.05, 4.69) is 0 Å². The number of esters is 2. The summed E-state index contributed by atoms with van der Waals surface area (Å²) in [6.45, 7) is 3.75. The molecule has 2 aliphatic heterocycles. The Kier molecular flexibility index (Phi) is 4.85. The van der Waals surface area contributed by atoms with Crippen molar-refractivity contribution in [2.75, 3.05) is 31.1 Å². The summed E-state index contributed by atoms with van der Waals surface area (Å²) < 4.78 is 9.73. The summed E-state index contributed by atoms with van der Waals surface area (Å²) in [5, 5.41) is 0. The first-order valence-electron chi connectivity index (χ1n) is 8.71. The van der Waals surface area contributed by atoms with Crippen LogP contribution in [0, 0.1) is 0 Å². The lowest BCUT2D eigenvalue weighted by Gasteiger charge is -2.24. The number of nitrogens with zero attached hydrogens (tertiary/aromatic N) is 2. The molecule has 1 amide bonds. The Labute approximate surface area is 163 Å². The maximum atomic E-state index is 12.6. The highest BCUT2D eigenvalue weighted by atomic mass is 16.5. The highest BCUT2D eigenvalue weighted by Gasteiger charge is 2.42. The first-order valence-corrected chi connectivity index (χ1v) is 8.71. The largest absolute Gasteiger partial charge is 0.465 e. The van der Waals surface area contributed by atoms with Crippen molar-refractivity contribution < 1.29 is 23.9 Å². The van der Waals surface area contributed by atoms with Gasteiger partial charge < -0.3 is 19.3 Å². The van der Waals surface area contributed by atoms with Crippen molar-refractivity contribution in [3.8, 4) is 0 Å². The third-order valence-electron chi connectivity index (χ3n) is 5.02. The molecule has 3 rings (SSSR count). The summed E-state index contributed by atoms with van der Waals surface area (Å²) in [4.78, 5) is 40.5. The first-order chi connectivity index (χ1) is 13.2. The van der Waals surface area contributed by atoms with Crippen LogP contribution in [0.3, 0.4) is 0 Å². The molecule has 0 aliphatic carbocycles. The van der Waals surface area contributed by atoms with Gasteiger partial charge in [0.15, 0.2) is 0 Å². The van der Waals surface area contributed by atoms with E-state index in [1.54, 1.807) is 41.3 Å². The van der Waals surface area contributed by atoms with E-state index in [0.29, 0.717) is 5.69 Å². The van der Waals surface area contributed by atoms with Crippen LogP contribution in [0.25, 0.3) is 0 Å². The molecule has 0 saturated heterocycles. The summed E-state index contributed by atoms with van der Waals surface area (Å²) in [7, 11) is 4.22. The summed E-state index contributed by atoms with van der Waals surface area (Å²) in [6, 6.07) is 5.49. The molecule has 0 radical (unpaired) electrons. The van der Waals surface area contributed by atoms with E-state index in [9.17, 15) is 14.4 Å².